The van der Waals surface area contributed by atoms with Crippen LogP contribution < -0.4 is 5.32 Å². The number of likely N-dealkylation sites (N-methyl/N-ethyl adjacent to an activating group) is 2. The molecular formula is C30H34F6N4O2. The van der Waals surface area contributed by atoms with E-state index in [1.807, 2.05) is 37.1 Å². The molecule has 1 saturated heterocycles. The number of carbonyl (C=O) groups is 1. The minimum absolute atomic E-state index is 0.0337. The highest BCUT2D eigenvalue weighted by atomic mass is 19.4. The number of carbonyl (C=O) groups excluding carboxylic acids is 1. The van der Waals surface area contributed by atoms with E-state index >= 15 is 0 Å². The third kappa shape index (κ3) is 6.41. The molecule has 2 aromatic rings. The highest BCUT2D eigenvalue weighted by molar-refractivity contribution is 5.92. The second kappa shape index (κ2) is 11.1. The topological polar surface area (TPSA) is 58.6 Å². The third-order valence-corrected chi connectivity index (χ3v) is 8.02. The molecule has 1 N–H and O–H groups in total. The molecule has 42 heavy (non-hydrogen) atoms. The van der Waals surface area contributed by atoms with Gasteiger partial charge in [-0.3, -0.25) is 4.79 Å². The van der Waals surface area contributed by atoms with E-state index in [2.05, 4.69) is 10.2 Å². The van der Waals surface area contributed by atoms with Gasteiger partial charge in [0.2, 0.25) is 5.91 Å². The van der Waals surface area contributed by atoms with E-state index in [1.54, 1.807) is 12.1 Å². The summed E-state index contributed by atoms with van der Waals surface area (Å²) in [6, 6.07) is 8.51. The van der Waals surface area contributed by atoms with Crippen molar-refractivity contribution in [2.24, 2.45) is 0 Å². The summed E-state index contributed by atoms with van der Waals surface area (Å²) in [4.78, 5) is 18.0. The predicted molar refractivity (Wildman–Crippen MR) is 147 cm³/mol. The fraction of sp³-hybridized carbons (Fsp3) is 0.433. The largest absolute Gasteiger partial charge is 0.627 e. The van der Waals surface area contributed by atoms with E-state index in [0.29, 0.717) is 43.9 Å². The number of allylic oxidation sites excluding steroid dienone is 2. The fourth-order valence-electron chi connectivity index (χ4n) is 5.33. The van der Waals surface area contributed by atoms with E-state index in [9.17, 15) is 36.3 Å². The number of alkyl halides is 6. The summed E-state index contributed by atoms with van der Waals surface area (Å²) in [6.45, 7) is 6.75. The summed E-state index contributed by atoms with van der Waals surface area (Å²) in [5, 5.41) is 16.7. The molecule has 0 bridgehead atoms. The standard InChI is InChI=1S/C30H34F6N4O2/c1-19-8-6-7-9-23(19)24-10-15-40(5,42)26(39-13-11-38(4)12-14-39)25(24)37-27(41)28(2,3)20-16-21(29(31,32)33)18-22(17-20)30(34,35)36/h6-10,15-18,26H,11-14H2,1-5H3,(H,37,41). The van der Waals surface area contributed by atoms with Gasteiger partial charge in [0.05, 0.1) is 29.8 Å². The number of quaternary nitrogens is 1. The van der Waals surface area contributed by atoms with Gasteiger partial charge in [0.25, 0.3) is 0 Å². The molecule has 6 nitrogen and oxygen atoms in total. The van der Waals surface area contributed by atoms with Crippen LogP contribution in [0.1, 0.15) is 41.7 Å². The van der Waals surface area contributed by atoms with E-state index in [4.69, 9.17) is 0 Å². The summed E-state index contributed by atoms with van der Waals surface area (Å²) in [5.41, 5.74) is -2.93. The SMILES string of the molecule is Cc1ccccc1C1=C(NC(=O)C(C)(C)c2cc(C(F)(F)F)cc(C(F)(F)F)c2)C(N2CCN(C)CC2)[N+](C)([O-])C=C1. The lowest BCUT2D eigenvalue weighted by molar-refractivity contribution is -0.844. The number of benzene rings is 2. The van der Waals surface area contributed by atoms with Gasteiger partial charge in [-0.1, -0.05) is 24.3 Å². The molecular weight excluding hydrogens is 562 g/mol. The van der Waals surface area contributed by atoms with Gasteiger partial charge in [-0.15, -0.1) is 0 Å². The zero-order valence-electron chi connectivity index (χ0n) is 24.0. The molecule has 0 radical (unpaired) electrons. The minimum Gasteiger partial charge on any atom is -0.627 e. The van der Waals surface area contributed by atoms with Gasteiger partial charge in [-0.2, -0.15) is 26.3 Å². The summed E-state index contributed by atoms with van der Waals surface area (Å²) < 4.78 is 80.8. The molecule has 2 heterocycles. The Hall–Kier alpha value is -3.19. The second-order valence-corrected chi connectivity index (χ2v) is 11.6. The lowest BCUT2D eigenvalue weighted by Gasteiger charge is -2.51. The van der Waals surface area contributed by atoms with Crippen LogP contribution in [0.4, 0.5) is 26.3 Å². The molecule has 12 heteroatoms. The van der Waals surface area contributed by atoms with Crippen LogP contribution >= 0.6 is 0 Å². The van der Waals surface area contributed by atoms with Crippen LogP contribution in [0.5, 0.6) is 0 Å². The number of rotatable bonds is 5. The van der Waals surface area contributed by atoms with Crippen LogP contribution in [-0.4, -0.2) is 66.8 Å². The van der Waals surface area contributed by atoms with E-state index < -0.39 is 51.2 Å². The Balaban J connectivity index is 1.85. The molecule has 0 saturated carbocycles. The number of piperazine rings is 1. The molecule has 0 aromatic heterocycles. The molecule has 0 spiro atoms. The maximum Gasteiger partial charge on any atom is 0.416 e. The van der Waals surface area contributed by atoms with Crippen LogP contribution in [0, 0.1) is 12.1 Å². The van der Waals surface area contributed by atoms with Crippen LogP contribution in [0.2, 0.25) is 0 Å². The molecule has 2 atom stereocenters. The number of aryl methyl sites for hydroxylation is 1. The Morgan fingerprint density at radius 3 is 1.98 bits per heavy atom. The van der Waals surface area contributed by atoms with Gasteiger partial charge in [-0.25, -0.2) is 4.90 Å². The van der Waals surface area contributed by atoms with Gasteiger partial charge < -0.3 is 20.1 Å². The van der Waals surface area contributed by atoms with Crippen LogP contribution in [-0.2, 0) is 22.6 Å². The molecule has 0 aliphatic carbocycles. The van der Waals surface area contributed by atoms with E-state index in [1.165, 1.54) is 27.1 Å². The number of hydroxylamine groups is 3. The van der Waals surface area contributed by atoms with Crippen LogP contribution in [0.15, 0.2) is 60.4 Å². The van der Waals surface area contributed by atoms with Crippen molar-refractivity contribution >= 4 is 11.5 Å². The molecule has 4 rings (SSSR count). The van der Waals surface area contributed by atoms with Crippen molar-refractivity contribution in [1.29, 1.82) is 0 Å². The number of nitrogens with zero attached hydrogens (tertiary/aromatic N) is 3. The van der Waals surface area contributed by atoms with Crippen molar-refractivity contribution < 1.29 is 35.8 Å². The van der Waals surface area contributed by atoms with E-state index in [0.717, 1.165) is 11.1 Å². The fourth-order valence-corrected chi connectivity index (χ4v) is 5.33. The first-order valence-electron chi connectivity index (χ1n) is 13.4. The minimum atomic E-state index is -5.06. The highest BCUT2D eigenvalue weighted by Gasteiger charge is 2.44. The van der Waals surface area contributed by atoms with Gasteiger partial charge in [-0.05, 0) is 62.7 Å². The summed E-state index contributed by atoms with van der Waals surface area (Å²) in [5.74, 6) is -0.842. The third-order valence-electron chi connectivity index (χ3n) is 8.02. The predicted octanol–water partition coefficient (Wildman–Crippen LogP) is 5.88. The first-order chi connectivity index (χ1) is 19.3. The van der Waals surface area contributed by atoms with Gasteiger partial charge >= 0.3 is 12.4 Å². The average molecular weight is 597 g/mol. The second-order valence-electron chi connectivity index (χ2n) is 11.6. The molecule has 2 unspecified atom stereocenters. The van der Waals surface area contributed by atoms with Gasteiger partial charge in [0.1, 0.15) is 5.70 Å². The molecule has 1 fully saturated rings. The summed E-state index contributed by atoms with van der Waals surface area (Å²) in [6.07, 6.45) is -7.95. The quantitative estimate of drug-likeness (QED) is 0.266. The maximum atomic E-state index is 13.9. The van der Waals surface area contributed by atoms with E-state index in [-0.39, 0.29) is 11.8 Å². The zero-order chi connectivity index (χ0) is 31.3. The first-order valence-corrected chi connectivity index (χ1v) is 13.4. The Kier molecular flexibility index (Phi) is 8.42. The monoisotopic (exact) mass is 596 g/mol. The van der Waals surface area contributed by atoms with Crippen molar-refractivity contribution in [2.45, 2.75) is 44.7 Å². The Morgan fingerprint density at radius 1 is 0.929 bits per heavy atom. The normalized spacial score (nSPS) is 22.9. The van der Waals surface area contributed by atoms with Crippen molar-refractivity contribution in [2.75, 3.05) is 40.3 Å². The maximum absolute atomic E-state index is 13.9. The smallest absolute Gasteiger partial charge is 0.416 e. The Labute approximate surface area is 241 Å². The molecule has 228 valence electrons. The summed E-state index contributed by atoms with van der Waals surface area (Å²) >= 11 is 0. The Morgan fingerprint density at radius 2 is 1.45 bits per heavy atom. The molecule has 1 amide bonds. The van der Waals surface area contributed by atoms with Crippen molar-refractivity contribution in [3.63, 3.8) is 0 Å². The van der Waals surface area contributed by atoms with Gasteiger partial charge in [0, 0.05) is 37.8 Å². The van der Waals surface area contributed by atoms with Crippen LogP contribution in [0.25, 0.3) is 5.57 Å². The van der Waals surface area contributed by atoms with Crippen molar-refractivity contribution in [1.82, 2.24) is 15.1 Å². The molecule has 2 aliphatic rings. The number of halogens is 6. The van der Waals surface area contributed by atoms with Crippen LogP contribution in [0.3, 0.4) is 0 Å². The molecule has 2 aliphatic heterocycles. The van der Waals surface area contributed by atoms with Crippen molar-refractivity contribution in [3.8, 4) is 0 Å². The Bertz CT molecular complexity index is 1370. The van der Waals surface area contributed by atoms with Gasteiger partial charge in [0.15, 0.2) is 6.17 Å². The lowest BCUT2D eigenvalue weighted by Crippen LogP contribution is -2.62. The van der Waals surface area contributed by atoms with Crippen molar-refractivity contribution in [3.05, 3.63) is 93.5 Å². The zero-order valence-corrected chi connectivity index (χ0v) is 24.0. The first kappa shape index (κ1) is 31.7. The number of hydrogen-bond acceptors (Lipinski definition) is 4. The average Bonchev–Trinajstić information content (AvgIpc) is 2.89. The number of hydrogen-bond donors (Lipinski definition) is 1. The molecule has 2 aromatic carbocycles. The lowest BCUT2D eigenvalue weighted by atomic mass is 9.81. The number of nitrogens with one attached hydrogen (secondary N) is 1. The number of amides is 1. The summed E-state index contributed by atoms with van der Waals surface area (Å²) in [7, 11) is 3.39. The highest BCUT2D eigenvalue weighted by Crippen LogP contribution is 2.40.